The van der Waals surface area contributed by atoms with Crippen molar-refractivity contribution >= 4 is 29.2 Å². The average molecular weight is 314 g/mol. The minimum absolute atomic E-state index is 0.00833. The quantitative estimate of drug-likeness (QED) is 0.743. The maximum Gasteiger partial charge on any atom is 0.224 e. The van der Waals surface area contributed by atoms with Crippen molar-refractivity contribution in [2.75, 3.05) is 24.7 Å². The van der Waals surface area contributed by atoms with Gasteiger partial charge in [0.05, 0.1) is 29.7 Å². The Labute approximate surface area is 129 Å². The molecule has 0 saturated carbocycles. The maximum atomic E-state index is 6.18. The van der Waals surface area contributed by atoms with Gasteiger partial charge in [-0.2, -0.15) is 0 Å². The zero-order valence-corrected chi connectivity index (χ0v) is 13.9. The van der Waals surface area contributed by atoms with Crippen LogP contribution in [0.3, 0.4) is 0 Å². The molecule has 0 N–H and O–H groups in total. The lowest BCUT2D eigenvalue weighted by molar-refractivity contribution is 0.0984. The molecule has 6 heteroatoms. The van der Waals surface area contributed by atoms with E-state index in [0.717, 1.165) is 31.3 Å². The number of fused-ring (bicyclic) bond motifs is 1. The van der Waals surface area contributed by atoms with Crippen LogP contribution in [-0.4, -0.2) is 35.8 Å². The van der Waals surface area contributed by atoms with Crippen LogP contribution in [0.2, 0.25) is 5.28 Å². The Morgan fingerprint density at radius 2 is 2.10 bits per heavy atom. The molecule has 2 atom stereocenters. The fraction of sp³-hybridized carbons (Fsp3) is 0.714. The summed E-state index contributed by atoms with van der Waals surface area (Å²) in [6.07, 6.45) is 0. The first-order valence-electron chi connectivity index (χ1n) is 7.00. The van der Waals surface area contributed by atoms with Crippen LogP contribution in [0.5, 0.6) is 0 Å². The molecule has 4 nitrogen and oxygen atoms in total. The van der Waals surface area contributed by atoms with Gasteiger partial charge in [0, 0.05) is 17.4 Å². The number of ether oxygens (including phenoxy) is 1. The molecule has 1 unspecified atom stereocenters. The summed E-state index contributed by atoms with van der Waals surface area (Å²) in [5.41, 5.74) is 2.34. The van der Waals surface area contributed by atoms with Crippen molar-refractivity contribution in [1.82, 2.24) is 9.97 Å². The van der Waals surface area contributed by atoms with Crippen LogP contribution in [0.4, 0.5) is 5.82 Å². The zero-order chi connectivity index (χ0) is 14.5. The first-order valence-corrected chi connectivity index (χ1v) is 8.26. The van der Waals surface area contributed by atoms with E-state index < -0.39 is 0 Å². The molecule has 20 heavy (non-hydrogen) atoms. The Morgan fingerprint density at radius 1 is 1.35 bits per heavy atom. The van der Waals surface area contributed by atoms with Crippen LogP contribution in [0, 0.1) is 0 Å². The summed E-state index contributed by atoms with van der Waals surface area (Å²) in [6, 6.07) is 0.319. The Bertz CT molecular complexity index is 537. The summed E-state index contributed by atoms with van der Waals surface area (Å²) >= 11 is 8.10. The largest absolute Gasteiger partial charge is 0.377 e. The van der Waals surface area contributed by atoms with E-state index in [4.69, 9.17) is 16.3 Å². The molecule has 1 saturated heterocycles. The second-order valence-electron chi connectivity index (χ2n) is 5.97. The highest BCUT2D eigenvalue weighted by Gasteiger charge is 2.41. The molecule has 1 aromatic heterocycles. The van der Waals surface area contributed by atoms with Gasteiger partial charge in [0.25, 0.3) is 0 Å². The lowest BCUT2D eigenvalue weighted by atomic mass is 10.0. The number of halogens is 1. The summed E-state index contributed by atoms with van der Waals surface area (Å²) in [4.78, 5) is 11.4. The highest BCUT2D eigenvalue weighted by molar-refractivity contribution is 8.00. The van der Waals surface area contributed by atoms with E-state index >= 15 is 0 Å². The fourth-order valence-corrected chi connectivity index (χ4v) is 4.73. The van der Waals surface area contributed by atoms with E-state index in [9.17, 15) is 0 Å². The Kier molecular flexibility index (Phi) is 3.63. The van der Waals surface area contributed by atoms with Crippen LogP contribution in [0.15, 0.2) is 0 Å². The SMILES string of the molecule is CC1SC(C)(C)c2nc(Cl)nc(N3CCOC[C@@H]3C)c21. The zero-order valence-electron chi connectivity index (χ0n) is 12.3. The van der Waals surface area contributed by atoms with Crippen LogP contribution in [0.1, 0.15) is 44.2 Å². The van der Waals surface area contributed by atoms with Crippen LogP contribution >= 0.6 is 23.4 Å². The second-order valence-corrected chi connectivity index (χ2v) is 8.27. The predicted octanol–water partition coefficient (Wildman–Crippen LogP) is 3.40. The Hall–Kier alpha value is -0.520. The number of nitrogens with zero attached hydrogens (tertiary/aromatic N) is 3. The van der Waals surface area contributed by atoms with Gasteiger partial charge in [-0.1, -0.05) is 0 Å². The number of morpholine rings is 1. The van der Waals surface area contributed by atoms with Gasteiger partial charge in [0.2, 0.25) is 5.28 Å². The van der Waals surface area contributed by atoms with Crippen LogP contribution in [0.25, 0.3) is 0 Å². The molecule has 2 aliphatic heterocycles. The monoisotopic (exact) mass is 313 g/mol. The molecule has 0 aromatic carbocycles. The number of thioether (sulfide) groups is 1. The highest BCUT2D eigenvalue weighted by Crippen LogP contribution is 2.55. The van der Waals surface area contributed by atoms with Gasteiger partial charge in [-0.25, -0.2) is 9.97 Å². The van der Waals surface area contributed by atoms with Crippen molar-refractivity contribution in [3.05, 3.63) is 16.5 Å². The third-order valence-corrected chi connectivity index (χ3v) is 5.53. The fourth-order valence-electron chi connectivity index (χ4n) is 3.08. The van der Waals surface area contributed by atoms with E-state index in [1.807, 2.05) is 11.8 Å². The molecule has 0 radical (unpaired) electrons. The van der Waals surface area contributed by atoms with E-state index in [-0.39, 0.29) is 4.75 Å². The summed E-state index contributed by atoms with van der Waals surface area (Å²) in [7, 11) is 0. The standard InChI is InChI=1S/C14H20ClN3OS/c1-8-7-19-6-5-18(8)12-10-9(2)20-14(3,4)11(10)16-13(15)17-12/h8-9H,5-7H2,1-4H3/t8-,9?/m0/s1. The molecule has 1 fully saturated rings. The van der Waals surface area contributed by atoms with Crippen molar-refractivity contribution in [3.8, 4) is 0 Å². The smallest absolute Gasteiger partial charge is 0.224 e. The second kappa shape index (κ2) is 5.04. The van der Waals surface area contributed by atoms with Crippen molar-refractivity contribution in [3.63, 3.8) is 0 Å². The van der Waals surface area contributed by atoms with Crippen molar-refractivity contribution in [1.29, 1.82) is 0 Å². The molecule has 0 spiro atoms. The van der Waals surface area contributed by atoms with Crippen LogP contribution in [-0.2, 0) is 9.48 Å². The normalized spacial score (nSPS) is 28.6. The number of hydrogen-bond acceptors (Lipinski definition) is 5. The van der Waals surface area contributed by atoms with Gasteiger partial charge in [0.1, 0.15) is 5.82 Å². The van der Waals surface area contributed by atoms with Gasteiger partial charge < -0.3 is 9.64 Å². The molecule has 110 valence electrons. The molecule has 3 rings (SSSR count). The van der Waals surface area contributed by atoms with E-state index in [1.54, 1.807) is 0 Å². The third kappa shape index (κ3) is 2.30. The lowest BCUT2D eigenvalue weighted by Crippen LogP contribution is -2.44. The van der Waals surface area contributed by atoms with Gasteiger partial charge in [-0.05, 0) is 39.3 Å². The first kappa shape index (κ1) is 14.4. The number of rotatable bonds is 1. The Morgan fingerprint density at radius 3 is 2.80 bits per heavy atom. The molecule has 1 aromatic rings. The first-order chi connectivity index (χ1) is 9.40. The summed E-state index contributed by atoms with van der Waals surface area (Å²) in [5, 5.41) is 0.738. The van der Waals surface area contributed by atoms with Gasteiger partial charge in [0.15, 0.2) is 0 Å². The van der Waals surface area contributed by atoms with E-state index in [2.05, 4.69) is 42.6 Å². The van der Waals surface area contributed by atoms with Gasteiger partial charge in [-0.3, -0.25) is 0 Å². The molecule has 2 aliphatic rings. The summed E-state index contributed by atoms with van der Waals surface area (Å²) in [6.45, 7) is 11.1. The van der Waals surface area contributed by atoms with Gasteiger partial charge >= 0.3 is 0 Å². The minimum atomic E-state index is -0.00833. The number of aromatic nitrogens is 2. The molecular formula is C14H20ClN3OS. The number of anilines is 1. The predicted molar refractivity (Wildman–Crippen MR) is 83.7 cm³/mol. The maximum absolute atomic E-state index is 6.18. The van der Waals surface area contributed by atoms with Crippen LogP contribution < -0.4 is 4.90 Å². The molecule has 0 bridgehead atoms. The highest BCUT2D eigenvalue weighted by atomic mass is 35.5. The summed E-state index contributed by atoms with van der Waals surface area (Å²) < 4.78 is 5.52. The Balaban J connectivity index is 2.12. The third-order valence-electron chi connectivity index (χ3n) is 3.99. The molecule has 3 heterocycles. The molecule has 0 amide bonds. The van der Waals surface area contributed by atoms with Gasteiger partial charge in [-0.15, -0.1) is 11.8 Å². The average Bonchev–Trinajstić information content (AvgIpc) is 2.59. The van der Waals surface area contributed by atoms with E-state index in [1.165, 1.54) is 5.56 Å². The molecule has 0 aliphatic carbocycles. The minimum Gasteiger partial charge on any atom is -0.377 e. The lowest BCUT2D eigenvalue weighted by Gasteiger charge is -2.35. The van der Waals surface area contributed by atoms with Crippen molar-refractivity contribution < 1.29 is 4.74 Å². The van der Waals surface area contributed by atoms with E-state index in [0.29, 0.717) is 16.6 Å². The van der Waals surface area contributed by atoms with Crippen molar-refractivity contribution in [2.24, 2.45) is 0 Å². The number of hydrogen-bond donors (Lipinski definition) is 0. The molecular weight excluding hydrogens is 294 g/mol. The summed E-state index contributed by atoms with van der Waals surface area (Å²) in [5.74, 6) is 1.00. The van der Waals surface area contributed by atoms with Crippen molar-refractivity contribution in [2.45, 2.75) is 43.7 Å². The topological polar surface area (TPSA) is 38.2 Å².